The highest BCUT2D eigenvalue weighted by molar-refractivity contribution is 6.25. The van der Waals surface area contributed by atoms with Crippen LogP contribution in [0.25, 0.3) is 11.3 Å². The first kappa shape index (κ1) is 36.2. The van der Waals surface area contributed by atoms with E-state index in [0.29, 0.717) is 22.8 Å². The number of aliphatic hydroxyl groups is 3. The van der Waals surface area contributed by atoms with E-state index in [9.17, 15) is 34.8 Å². The maximum absolute atomic E-state index is 14.8. The number of Topliss-reactive ketones (excluding diaryl/α,β-unsaturated/α-hetero) is 3. The van der Waals surface area contributed by atoms with Crippen molar-refractivity contribution >= 4 is 17.3 Å². The van der Waals surface area contributed by atoms with Crippen LogP contribution in [0.4, 0.5) is 0 Å². The summed E-state index contributed by atoms with van der Waals surface area (Å²) in [5.74, 6) is -2.57. The fourth-order valence-corrected chi connectivity index (χ4v) is 10.6. The number of benzene rings is 1. The second-order valence-electron chi connectivity index (χ2n) is 17.0. The molecule has 1 aromatic heterocycles. The van der Waals surface area contributed by atoms with Crippen LogP contribution in [0.1, 0.15) is 133 Å². The lowest BCUT2D eigenvalue weighted by atomic mass is 9.44. The molecule has 2 aromatic rings. The number of ketones is 3. The molecule has 8 heteroatoms. The minimum atomic E-state index is -2.64. The van der Waals surface area contributed by atoms with Gasteiger partial charge in [-0.05, 0) is 85.6 Å². The van der Waals surface area contributed by atoms with Crippen LogP contribution in [0.2, 0.25) is 0 Å². The molecule has 0 aliphatic heterocycles. The van der Waals surface area contributed by atoms with Crippen molar-refractivity contribution in [3.05, 3.63) is 63.3 Å². The Labute approximate surface area is 295 Å². The van der Waals surface area contributed by atoms with Crippen LogP contribution in [-0.2, 0) is 22.4 Å². The molecule has 0 bridgehead atoms. The third-order valence-corrected chi connectivity index (χ3v) is 12.7. The third-order valence-electron chi connectivity index (χ3n) is 12.7. The van der Waals surface area contributed by atoms with Crippen molar-refractivity contribution in [1.29, 1.82) is 0 Å². The van der Waals surface area contributed by atoms with Crippen molar-refractivity contribution in [2.45, 2.75) is 125 Å². The first-order valence-corrected chi connectivity index (χ1v) is 18.6. The summed E-state index contributed by atoms with van der Waals surface area (Å²) in [6, 6.07) is 5.68. The van der Waals surface area contributed by atoms with E-state index in [1.54, 1.807) is 6.92 Å². The molecule has 270 valence electrons. The highest BCUT2D eigenvalue weighted by Gasteiger charge is 2.71. The number of carbonyl (C=O) groups is 3. The third kappa shape index (κ3) is 5.22. The number of hydrogen-bond acceptors (Lipinski definition) is 8. The molecule has 4 N–H and O–H groups in total. The number of carbonyl (C=O) groups excluding carboxylic acids is 3. The van der Waals surface area contributed by atoms with E-state index in [1.165, 1.54) is 38.5 Å². The lowest BCUT2D eigenvalue weighted by Gasteiger charge is -2.59. The molecule has 1 heterocycles. The molecule has 0 amide bonds. The Bertz CT molecular complexity index is 1810. The van der Waals surface area contributed by atoms with Crippen LogP contribution in [0.3, 0.4) is 0 Å². The molecular weight excluding hydrogens is 632 g/mol. The Kier molecular flexibility index (Phi) is 9.06. The van der Waals surface area contributed by atoms with Gasteiger partial charge in [0.1, 0.15) is 34.4 Å². The Hall–Kier alpha value is -3.65. The van der Waals surface area contributed by atoms with Gasteiger partial charge in [-0.1, -0.05) is 74.1 Å². The summed E-state index contributed by atoms with van der Waals surface area (Å²) >= 11 is 0. The summed E-state index contributed by atoms with van der Waals surface area (Å²) in [6.45, 7) is 14.6. The molecule has 4 atom stereocenters. The second-order valence-corrected chi connectivity index (χ2v) is 17.0. The van der Waals surface area contributed by atoms with Gasteiger partial charge in [-0.25, -0.2) is 0 Å². The second kappa shape index (κ2) is 12.5. The van der Waals surface area contributed by atoms with Gasteiger partial charge in [0.15, 0.2) is 17.2 Å². The molecule has 8 nitrogen and oxygen atoms in total. The fraction of sp³-hybridized carbons (Fsp3) is 0.595. The van der Waals surface area contributed by atoms with E-state index in [0.717, 1.165) is 30.6 Å². The Morgan fingerprint density at radius 2 is 1.64 bits per heavy atom. The predicted molar refractivity (Wildman–Crippen MR) is 191 cm³/mol. The van der Waals surface area contributed by atoms with E-state index < -0.39 is 51.0 Å². The van der Waals surface area contributed by atoms with Crippen LogP contribution in [-0.4, -0.2) is 43.4 Å². The molecule has 1 unspecified atom stereocenters. The van der Waals surface area contributed by atoms with Gasteiger partial charge in [-0.2, -0.15) is 0 Å². The van der Waals surface area contributed by atoms with E-state index >= 15 is 0 Å². The van der Waals surface area contributed by atoms with Gasteiger partial charge in [-0.15, -0.1) is 0 Å². The molecule has 6 rings (SSSR count). The Morgan fingerprint density at radius 1 is 1.00 bits per heavy atom. The predicted octanol–water partition coefficient (Wildman–Crippen LogP) is 8.88. The lowest BCUT2D eigenvalue weighted by Crippen LogP contribution is -2.67. The van der Waals surface area contributed by atoms with Crippen molar-refractivity contribution in [3.63, 3.8) is 0 Å². The van der Waals surface area contributed by atoms with Crippen molar-refractivity contribution < 1.29 is 39.2 Å². The number of phenolic OH excluding ortho intramolecular Hbond substituents is 1. The fourth-order valence-electron chi connectivity index (χ4n) is 10.6. The number of aromatic hydroxyl groups is 1. The average Bonchev–Trinajstić information content (AvgIpc) is 3.47. The summed E-state index contributed by atoms with van der Waals surface area (Å²) in [7, 11) is 0. The number of phenols is 1. The largest absolute Gasteiger partial charge is 0.511 e. The number of fused-ring (bicyclic) bond motifs is 3. The minimum Gasteiger partial charge on any atom is -0.511 e. The van der Waals surface area contributed by atoms with Crippen LogP contribution in [0.15, 0.2) is 45.3 Å². The van der Waals surface area contributed by atoms with Crippen LogP contribution in [0, 0.1) is 34.5 Å². The Morgan fingerprint density at radius 3 is 2.22 bits per heavy atom. The Balaban J connectivity index is 1.45. The number of allylic oxidation sites excluding steroid dienone is 2. The quantitative estimate of drug-likeness (QED) is 0.202. The number of hydrogen-bond donors (Lipinski definition) is 4. The van der Waals surface area contributed by atoms with Gasteiger partial charge in [0, 0.05) is 28.7 Å². The van der Waals surface area contributed by atoms with Crippen LogP contribution >= 0.6 is 0 Å². The highest BCUT2D eigenvalue weighted by atomic mass is 16.4. The zero-order valence-corrected chi connectivity index (χ0v) is 30.9. The van der Waals surface area contributed by atoms with Gasteiger partial charge in [-0.3, -0.25) is 14.4 Å². The number of aliphatic hydroxyl groups excluding tert-OH is 2. The number of rotatable bonds is 8. The van der Waals surface area contributed by atoms with Gasteiger partial charge in [0.05, 0.1) is 11.1 Å². The molecule has 1 aromatic carbocycles. The van der Waals surface area contributed by atoms with Gasteiger partial charge in [0.25, 0.3) is 0 Å². The van der Waals surface area contributed by atoms with E-state index in [-0.39, 0.29) is 47.3 Å². The smallest absolute Gasteiger partial charge is 0.209 e. The molecular formula is C42H54O8. The number of furan rings is 1. The SMILES string of the molecule is CCCC1CCC(Cc2ccc(-c3cc(C(C)C)c4c(c3O)C(=O)C3=C(O)[C@@]5(O)C(=O)C(C(C)=O)=C(O)C(C(C)C)[C@@]5(C)C[C@@]3(C)C4)o2)CC1. The van der Waals surface area contributed by atoms with Crippen molar-refractivity contribution in [1.82, 2.24) is 0 Å². The monoisotopic (exact) mass is 686 g/mol. The standard InChI is InChI=1S/C42H54O8/c1-9-10-24-11-13-25(14-12-24)17-26-15-16-30(50-26)28-18-27(21(2)3)29-19-40(7)20-41(8)33(22(4)5)36(45)31(23(6)43)38(47)42(41,49)39(48)34(40)37(46)32(29)35(28)44/h15-16,18,21-22,24-25,33,44-45,48-49H,9-14,17,19-20H2,1-8H3/t24?,25?,33?,40-,41-,42+/m1/s1. The van der Waals surface area contributed by atoms with E-state index in [4.69, 9.17) is 4.42 Å². The normalized spacial score (nSPS) is 31.3. The minimum absolute atomic E-state index is 0.0264. The average molecular weight is 687 g/mol. The molecule has 1 saturated carbocycles. The molecule has 4 aliphatic rings. The van der Waals surface area contributed by atoms with Gasteiger partial charge < -0.3 is 24.8 Å². The topological polar surface area (TPSA) is 145 Å². The molecule has 0 saturated heterocycles. The lowest BCUT2D eigenvalue weighted by molar-refractivity contribution is -0.171. The summed E-state index contributed by atoms with van der Waals surface area (Å²) < 4.78 is 6.35. The molecule has 4 aliphatic carbocycles. The maximum atomic E-state index is 14.8. The molecule has 0 radical (unpaired) electrons. The van der Waals surface area contributed by atoms with Crippen molar-refractivity contribution in [3.8, 4) is 17.1 Å². The zero-order chi connectivity index (χ0) is 36.7. The van der Waals surface area contributed by atoms with Crippen LogP contribution < -0.4 is 0 Å². The first-order chi connectivity index (χ1) is 23.4. The van der Waals surface area contributed by atoms with Gasteiger partial charge >= 0.3 is 0 Å². The first-order valence-electron chi connectivity index (χ1n) is 18.6. The molecule has 0 spiro atoms. The summed E-state index contributed by atoms with van der Waals surface area (Å²) in [6.07, 6.45) is 8.45. The maximum Gasteiger partial charge on any atom is 0.209 e. The zero-order valence-electron chi connectivity index (χ0n) is 30.9. The molecule has 1 fully saturated rings. The van der Waals surface area contributed by atoms with Crippen molar-refractivity contribution in [2.75, 3.05) is 0 Å². The van der Waals surface area contributed by atoms with Crippen molar-refractivity contribution in [2.24, 2.45) is 34.5 Å². The van der Waals surface area contributed by atoms with E-state index in [2.05, 4.69) is 6.92 Å². The highest BCUT2D eigenvalue weighted by Crippen LogP contribution is 2.65. The summed E-state index contributed by atoms with van der Waals surface area (Å²) in [5.41, 5.74) is -3.95. The summed E-state index contributed by atoms with van der Waals surface area (Å²) in [5, 5.41) is 47.7. The summed E-state index contributed by atoms with van der Waals surface area (Å²) in [4.78, 5) is 41.5. The van der Waals surface area contributed by atoms with E-state index in [1.807, 2.05) is 52.8 Å². The van der Waals surface area contributed by atoms with Gasteiger partial charge in [0.2, 0.25) is 5.78 Å². The van der Waals surface area contributed by atoms with Crippen LogP contribution in [0.5, 0.6) is 5.75 Å². The molecule has 50 heavy (non-hydrogen) atoms.